The van der Waals surface area contributed by atoms with E-state index in [4.69, 9.17) is 9.47 Å². The quantitative estimate of drug-likeness (QED) is 0.911. The molecule has 0 saturated heterocycles. The molecular weight excluding hydrogens is 271 g/mol. The van der Waals surface area contributed by atoms with Gasteiger partial charge in [-0.3, -0.25) is 0 Å². The number of hydrogen-bond acceptors (Lipinski definition) is 3. The molecule has 0 unspecified atom stereocenters. The Labute approximate surface area is 124 Å². The lowest BCUT2D eigenvalue weighted by atomic mass is 10.1. The second-order valence-corrected chi connectivity index (χ2v) is 4.96. The van der Waals surface area contributed by atoms with Gasteiger partial charge in [0.25, 0.3) is 0 Å². The lowest BCUT2D eigenvalue weighted by Gasteiger charge is -2.15. The molecule has 21 heavy (non-hydrogen) atoms. The fourth-order valence-corrected chi connectivity index (χ4v) is 2.04. The molecule has 0 heterocycles. The molecule has 0 bridgehead atoms. The number of hydrogen-bond donors (Lipinski definition) is 1. The van der Waals surface area contributed by atoms with Gasteiger partial charge in [0.15, 0.2) is 0 Å². The minimum Gasteiger partial charge on any atom is -0.497 e. The monoisotopic (exact) mass is 290 g/mol. The van der Waals surface area contributed by atoms with Crippen molar-refractivity contribution in [3.8, 4) is 11.5 Å². The normalized spacial score (nSPS) is 12.0. The maximum absolute atomic E-state index is 13.9. The van der Waals surface area contributed by atoms with Crippen molar-refractivity contribution in [3.63, 3.8) is 0 Å². The highest BCUT2D eigenvalue weighted by Gasteiger charge is 2.11. The van der Waals surface area contributed by atoms with E-state index in [0.717, 1.165) is 5.56 Å². The molecule has 1 N–H and O–H groups in total. The summed E-state index contributed by atoms with van der Waals surface area (Å²) >= 11 is 0. The molecule has 1 atom stereocenters. The number of halogens is 1. The van der Waals surface area contributed by atoms with Gasteiger partial charge in [-0.25, -0.2) is 4.39 Å². The molecule has 0 aliphatic rings. The molecule has 0 spiro atoms. The Morgan fingerprint density at radius 1 is 1.19 bits per heavy atom. The molecule has 3 nitrogen and oxygen atoms in total. The van der Waals surface area contributed by atoms with E-state index in [2.05, 4.69) is 0 Å². The summed E-state index contributed by atoms with van der Waals surface area (Å²) in [6.45, 7) is 3.71. The Kier molecular flexibility index (Phi) is 4.81. The van der Waals surface area contributed by atoms with Crippen LogP contribution in [-0.4, -0.2) is 12.2 Å². The van der Waals surface area contributed by atoms with Gasteiger partial charge >= 0.3 is 0 Å². The van der Waals surface area contributed by atoms with Crippen LogP contribution in [0.25, 0.3) is 0 Å². The number of ether oxygens (including phenoxy) is 2. The number of aliphatic hydroxyl groups is 1. The molecule has 0 aliphatic carbocycles. The molecule has 0 saturated carbocycles. The van der Waals surface area contributed by atoms with Crippen LogP contribution >= 0.6 is 0 Å². The minimum atomic E-state index is -0.638. The lowest BCUT2D eigenvalue weighted by molar-refractivity contribution is 0.190. The Hall–Kier alpha value is -2.07. The molecule has 0 aromatic heterocycles. The Balaban J connectivity index is 2.18. The predicted octanol–water partition coefficient (Wildman–Crippen LogP) is 3.78. The molecule has 0 fully saturated rings. The standard InChI is InChI=1S/C17H19FO3/c1-11-4-7-15(12(2)19)17(8-11)21-10-13-5-6-14(20-3)9-16(13)18/h4-9,12,19H,10H2,1-3H3/t12-/m0/s1. The van der Waals surface area contributed by atoms with Crippen LogP contribution in [0.3, 0.4) is 0 Å². The van der Waals surface area contributed by atoms with Crippen LogP contribution in [0.15, 0.2) is 36.4 Å². The fraction of sp³-hybridized carbons (Fsp3) is 0.294. The van der Waals surface area contributed by atoms with Crippen molar-refractivity contribution in [1.29, 1.82) is 0 Å². The third kappa shape index (κ3) is 3.73. The summed E-state index contributed by atoms with van der Waals surface area (Å²) in [6, 6.07) is 10.2. The van der Waals surface area contributed by atoms with Gasteiger partial charge in [-0.15, -0.1) is 0 Å². The van der Waals surface area contributed by atoms with Crippen molar-refractivity contribution >= 4 is 0 Å². The van der Waals surface area contributed by atoms with Gasteiger partial charge in [-0.2, -0.15) is 0 Å². The van der Waals surface area contributed by atoms with E-state index in [1.165, 1.54) is 13.2 Å². The first kappa shape index (κ1) is 15.3. The number of aliphatic hydroxyl groups excluding tert-OH is 1. The van der Waals surface area contributed by atoms with E-state index in [0.29, 0.717) is 22.6 Å². The highest BCUT2D eigenvalue weighted by atomic mass is 19.1. The first-order valence-electron chi connectivity index (χ1n) is 6.75. The van der Waals surface area contributed by atoms with Gasteiger partial charge in [0.05, 0.1) is 13.2 Å². The summed E-state index contributed by atoms with van der Waals surface area (Å²) in [7, 11) is 1.49. The van der Waals surface area contributed by atoms with E-state index in [9.17, 15) is 9.50 Å². The largest absolute Gasteiger partial charge is 0.497 e. The summed E-state index contributed by atoms with van der Waals surface area (Å²) < 4.78 is 24.5. The maximum atomic E-state index is 13.9. The summed E-state index contributed by atoms with van der Waals surface area (Å²) in [6.07, 6.45) is -0.638. The van der Waals surface area contributed by atoms with Crippen LogP contribution in [0.2, 0.25) is 0 Å². The van der Waals surface area contributed by atoms with Gasteiger partial charge in [0.1, 0.15) is 23.9 Å². The predicted molar refractivity (Wildman–Crippen MR) is 79.1 cm³/mol. The maximum Gasteiger partial charge on any atom is 0.133 e. The minimum absolute atomic E-state index is 0.0962. The van der Waals surface area contributed by atoms with E-state index < -0.39 is 6.10 Å². The van der Waals surface area contributed by atoms with Gasteiger partial charge in [-0.1, -0.05) is 12.1 Å². The summed E-state index contributed by atoms with van der Waals surface area (Å²) in [5.74, 6) is 0.664. The molecule has 0 radical (unpaired) electrons. The number of methoxy groups -OCH3 is 1. The fourth-order valence-electron chi connectivity index (χ4n) is 2.04. The zero-order valence-corrected chi connectivity index (χ0v) is 12.4. The second-order valence-electron chi connectivity index (χ2n) is 4.96. The Morgan fingerprint density at radius 2 is 1.95 bits per heavy atom. The molecular formula is C17H19FO3. The smallest absolute Gasteiger partial charge is 0.133 e. The molecule has 2 aromatic rings. The average molecular weight is 290 g/mol. The number of rotatable bonds is 5. The third-order valence-electron chi connectivity index (χ3n) is 3.26. The van der Waals surface area contributed by atoms with Gasteiger partial charge in [-0.05, 0) is 37.6 Å². The van der Waals surface area contributed by atoms with E-state index in [-0.39, 0.29) is 12.4 Å². The third-order valence-corrected chi connectivity index (χ3v) is 3.26. The van der Waals surface area contributed by atoms with E-state index in [1.807, 2.05) is 25.1 Å². The SMILES string of the molecule is COc1ccc(COc2cc(C)ccc2[C@H](C)O)c(F)c1. The Bertz CT molecular complexity index is 623. The summed E-state index contributed by atoms with van der Waals surface area (Å²) in [5, 5.41) is 9.74. The average Bonchev–Trinajstić information content (AvgIpc) is 2.45. The second kappa shape index (κ2) is 6.59. The summed E-state index contributed by atoms with van der Waals surface area (Å²) in [4.78, 5) is 0. The number of aryl methyl sites for hydroxylation is 1. The first-order chi connectivity index (χ1) is 10.0. The van der Waals surface area contributed by atoms with Gasteiger partial charge < -0.3 is 14.6 Å². The van der Waals surface area contributed by atoms with Crippen molar-refractivity contribution in [2.24, 2.45) is 0 Å². The van der Waals surface area contributed by atoms with Gasteiger partial charge in [0, 0.05) is 17.2 Å². The van der Waals surface area contributed by atoms with Crippen LogP contribution in [-0.2, 0) is 6.61 Å². The van der Waals surface area contributed by atoms with Crippen LogP contribution in [0.5, 0.6) is 11.5 Å². The lowest BCUT2D eigenvalue weighted by Crippen LogP contribution is -2.03. The van der Waals surface area contributed by atoms with E-state index >= 15 is 0 Å². The highest BCUT2D eigenvalue weighted by molar-refractivity contribution is 5.39. The van der Waals surface area contributed by atoms with Crippen molar-refractivity contribution in [3.05, 3.63) is 58.9 Å². The molecule has 2 aromatic carbocycles. The topological polar surface area (TPSA) is 38.7 Å². The van der Waals surface area contributed by atoms with Crippen LogP contribution in [0, 0.1) is 12.7 Å². The number of benzene rings is 2. The molecule has 2 rings (SSSR count). The van der Waals surface area contributed by atoms with Crippen molar-refractivity contribution in [2.75, 3.05) is 7.11 Å². The van der Waals surface area contributed by atoms with Crippen molar-refractivity contribution < 1.29 is 19.0 Å². The van der Waals surface area contributed by atoms with Crippen LogP contribution in [0.1, 0.15) is 29.7 Å². The summed E-state index contributed by atoms with van der Waals surface area (Å²) in [5.41, 5.74) is 2.15. The van der Waals surface area contributed by atoms with Crippen molar-refractivity contribution in [2.45, 2.75) is 26.6 Å². The van der Waals surface area contributed by atoms with Crippen molar-refractivity contribution in [1.82, 2.24) is 0 Å². The van der Waals surface area contributed by atoms with E-state index in [1.54, 1.807) is 19.1 Å². The molecule has 0 amide bonds. The molecule has 4 heteroatoms. The zero-order chi connectivity index (χ0) is 15.4. The zero-order valence-electron chi connectivity index (χ0n) is 12.4. The molecule has 112 valence electrons. The van der Waals surface area contributed by atoms with Crippen LogP contribution in [0.4, 0.5) is 4.39 Å². The highest BCUT2D eigenvalue weighted by Crippen LogP contribution is 2.27. The Morgan fingerprint density at radius 3 is 2.57 bits per heavy atom. The first-order valence-corrected chi connectivity index (χ1v) is 6.75. The molecule has 0 aliphatic heterocycles. The van der Waals surface area contributed by atoms with Gasteiger partial charge in [0.2, 0.25) is 0 Å². The van der Waals surface area contributed by atoms with Crippen LogP contribution < -0.4 is 9.47 Å².